The maximum atomic E-state index is 11.9. The maximum absolute atomic E-state index is 11.9. The predicted octanol–water partition coefficient (Wildman–Crippen LogP) is 0.990. The number of anilines is 1. The van der Waals surface area contributed by atoms with Crippen molar-refractivity contribution < 1.29 is 13.3 Å². The summed E-state index contributed by atoms with van der Waals surface area (Å²) in [6.07, 6.45) is 2.24. The molecule has 0 aliphatic rings. The largest absolute Gasteiger partial charge is 0.334 e. The van der Waals surface area contributed by atoms with Gasteiger partial charge < -0.3 is 4.98 Å². The average molecular weight is 293 g/mol. The molecule has 0 bridgehead atoms. The fourth-order valence-corrected chi connectivity index (χ4v) is 2.41. The van der Waals surface area contributed by atoms with Gasteiger partial charge in [-0.25, -0.2) is 4.98 Å². The van der Waals surface area contributed by atoms with Gasteiger partial charge in [-0.05, 0) is 12.1 Å². The van der Waals surface area contributed by atoms with Crippen LogP contribution >= 0.6 is 0 Å². The smallest absolute Gasteiger partial charge is 0.294 e. The molecule has 0 unspecified atom stereocenters. The summed E-state index contributed by atoms with van der Waals surface area (Å²) >= 11 is 0. The second kappa shape index (κ2) is 4.98. The molecule has 0 saturated carbocycles. The van der Waals surface area contributed by atoms with E-state index in [1.165, 1.54) is 12.4 Å². The van der Waals surface area contributed by atoms with E-state index in [0.29, 0.717) is 0 Å². The molecule has 2 rings (SSSR count). The number of H-pyrrole nitrogens is 1. The number of nitro groups is 1. The quantitative estimate of drug-likeness (QED) is 0.635. The van der Waals surface area contributed by atoms with Gasteiger partial charge in [-0.15, -0.1) is 0 Å². The molecule has 1 aromatic heterocycles. The summed E-state index contributed by atoms with van der Waals surface area (Å²) in [5.74, 6) is 0. The van der Waals surface area contributed by atoms with Crippen LogP contribution in [0.3, 0.4) is 0 Å². The lowest BCUT2D eigenvalue weighted by atomic mass is 10.2. The number of nitrogens with one attached hydrogen (secondary N) is 2. The normalized spacial score (nSPS) is 10.8. The molecule has 2 N–H and O–H groups in total. The van der Waals surface area contributed by atoms with Crippen molar-refractivity contribution >= 4 is 21.4 Å². The number of sulfonamides is 1. The van der Waals surface area contributed by atoms with Gasteiger partial charge in [-0.3, -0.25) is 14.8 Å². The highest BCUT2D eigenvalue weighted by atomic mass is 32.2. The minimum Gasteiger partial charge on any atom is -0.334 e. The van der Waals surface area contributed by atoms with Crippen LogP contribution in [0.2, 0.25) is 0 Å². The Bertz CT molecular complexity index is 792. The predicted molar refractivity (Wildman–Crippen MR) is 67.2 cm³/mol. The lowest BCUT2D eigenvalue weighted by molar-refractivity contribution is -0.383. The van der Waals surface area contributed by atoms with Gasteiger partial charge in [0.1, 0.15) is 5.69 Å². The summed E-state index contributed by atoms with van der Waals surface area (Å²) in [5, 5.41) is 19.4. The van der Waals surface area contributed by atoms with Crippen molar-refractivity contribution in [3.8, 4) is 6.07 Å². The van der Waals surface area contributed by atoms with Crippen LogP contribution in [0, 0.1) is 21.4 Å². The van der Waals surface area contributed by atoms with E-state index in [2.05, 4.69) is 14.7 Å². The molecular formula is C10H7N5O4S. The van der Waals surface area contributed by atoms with Crippen molar-refractivity contribution in [2.24, 2.45) is 0 Å². The number of benzene rings is 1. The van der Waals surface area contributed by atoms with E-state index in [1.54, 1.807) is 6.07 Å². The van der Waals surface area contributed by atoms with E-state index < -0.39 is 20.6 Å². The van der Waals surface area contributed by atoms with Gasteiger partial charge in [-0.2, -0.15) is 13.7 Å². The van der Waals surface area contributed by atoms with E-state index in [0.717, 1.165) is 18.3 Å². The fraction of sp³-hybridized carbons (Fsp3) is 0. The third kappa shape index (κ3) is 2.57. The van der Waals surface area contributed by atoms with E-state index in [1.807, 2.05) is 0 Å². The fourth-order valence-electron chi connectivity index (χ4n) is 1.43. The van der Waals surface area contributed by atoms with Gasteiger partial charge in [0.15, 0.2) is 5.03 Å². The minimum atomic E-state index is -4.00. The van der Waals surface area contributed by atoms with Gasteiger partial charge in [0.05, 0.1) is 29.1 Å². The van der Waals surface area contributed by atoms with Gasteiger partial charge in [-0.1, -0.05) is 0 Å². The van der Waals surface area contributed by atoms with Crippen molar-refractivity contribution in [3.63, 3.8) is 0 Å². The first-order valence-corrected chi connectivity index (χ1v) is 6.62. The molecule has 0 amide bonds. The lowest BCUT2D eigenvalue weighted by Gasteiger charge is -2.06. The Labute approximate surface area is 113 Å². The highest BCUT2D eigenvalue weighted by Gasteiger charge is 2.22. The molecule has 102 valence electrons. The molecule has 0 fully saturated rings. The number of hydrogen-bond donors (Lipinski definition) is 2. The Morgan fingerprint density at radius 3 is 2.75 bits per heavy atom. The van der Waals surface area contributed by atoms with Crippen LogP contribution in [-0.2, 0) is 10.0 Å². The second-order valence-corrected chi connectivity index (χ2v) is 5.27. The average Bonchev–Trinajstić information content (AvgIpc) is 2.93. The Hall–Kier alpha value is -2.93. The highest BCUT2D eigenvalue weighted by Crippen LogP contribution is 2.27. The van der Waals surface area contributed by atoms with Gasteiger partial charge >= 0.3 is 0 Å². The number of aromatic amines is 1. The summed E-state index contributed by atoms with van der Waals surface area (Å²) in [7, 11) is -4.00. The Morgan fingerprint density at radius 2 is 2.20 bits per heavy atom. The van der Waals surface area contributed by atoms with E-state index in [9.17, 15) is 18.5 Å². The molecular weight excluding hydrogens is 286 g/mol. The molecule has 20 heavy (non-hydrogen) atoms. The van der Waals surface area contributed by atoms with E-state index in [4.69, 9.17) is 5.26 Å². The molecule has 1 heterocycles. The van der Waals surface area contributed by atoms with Crippen LogP contribution in [0.25, 0.3) is 0 Å². The number of rotatable bonds is 4. The molecule has 1 aromatic carbocycles. The molecule has 0 aliphatic carbocycles. The van der Waals surface area contributed by atoms with Crippen molar-refractivity contribution in [1.82, 2.24) is 9.97 Å². The Balaban J connectivity index is 2.45. The van der Waals surface area contributed by atoms with Crippen molar-refractivity contribution in [2.45, 2.75) is 5.03 Å². The number of nitrogens with zero attached hydrogens (tertiary/aromatic N) is 3. The van der Waals surface area contributed by atoms with E-state index in [-0.39, 0.29) is 16.3 Å². The molecule has 0 saturated heterocycles. The molecule has 0 atom stereocenters. The van der Waals surface area contributed by atoms with E-state index >= 15 is 0 Å². The van der Waals surface area contributed by atoms with Gasteiger partial charge in [0, 0.05) is 6.07 Å². The third-order valence-corrected chi connectivity index (χ3v) is 3.62. The van der Waals surface area contributed by atoms with Crippen LogP contribution < -0.4 is 4.72 Å². The first-order chi connectivity index (χ1) is 9.44. The van der Waals surface area contributed by atoms with Crippen LogP contribution in [0.15, 0.2) is 35.7 Å². The number of nitriles is 1. The zero-order valence-corrected chi connectivity index (χ0v) is 10.6. The summed E-state index contributed by atoms with van der Waals surface area (Å²) < 4.78 is 25.9. The molecule has 0 spiro atoms. The Kier molecular flexibility index (Phi) is 3.36. The number of nitro benzene ring substituents is 1. The lowest BCUT2D eigenvalue weighted by Crippen LogP contribution is -2.14. The third-order valence-electron chi connectivity index (χ3n) is 2.33. The molecule has 10 heteroatoms. The van der Waals surface area contributed by atoms with Crippen LogP contribution in [-0.4, -0.2) is 23.3 Å². The van der Waals surface area contributed by atoms with Crippen molar-refractivity contribution in [3.05, 3.63) is 46.4 Å². The summed E-state index contributed by atoms with van der Waals surface area (Å²) in [6.45, 7) is 0. The van der Waals surface area contributed by atoms with Crippen LogP contribution in [0.5, 0.6) is 0 Å². The highest BCUT2D eigenvalue weighted by molar-refractivity contribution is 7.92. The first kappa shape index (κ1) is 13.5. The van der Waals surface area contributed by atoms with Gasteiger partial charge in [0.25, 0.3) is 15.7 Å². The monoisotopic (exact) mass is 293 g/mol. The van der Waals surface area contributed by atoms with Crippen LogP contribution in [0.4, 0.5) is 11.4 Å². The first-order valence-electron chi connectivity index (χ1n) is 5.14. The summed E-state index contributed by atoms with van der Waals surface area (Å²) in [6, 6.07) is 5.17. The Morgan fingerprint density at radius 1 is 1.45 bits per heavy atom. The molecule has 9 nitrogen and oxygen atoms in total. The minimum absolute atomic E-state index is 0.0567. The van der Waals surface area contributed by atoms with Gasteiger partial charge in [0.2, 0.25) is 0 Å². The second-order valence-electron chi connectivity index (χ2n) is 3.62. The number of aromatic nitrogens is 2. The summed E-state index contributed by atoms with van der Waals surface area (Å²) in [4.78, 5) is 16.1. The van der Waals surface area contributed by atoms with Crippen molar-refractivity contribution in [2.75, 3.05) is 4.72 Å². The molecule has 2 aromatic rings. The SMILES string of the molecule is N#Cc1ccc(NS(=O)(=O)c2cnc[nH]2)c([N+](=O)[O-])c1. The zero-order valence-electron chi connectivity index (χ0n) is 9.77. The maximum Gasteiger partial charge on any atom is 0.294 e. The van der Waals surface area contributed by atoms with Crippen LogP contribution in [0.1, 0.15) is 5.56 Å². The molecule has 0 radical (unpaired) electrons. The molecule has 0 aliphatic heterocycles. The van der Waals surface area contributed by atoms with Crippen molar-refractivity contribution in [1.29, 1.82) is 5.26 Å². The topological polar surface area (TPSA) is 142 Å². The number of imidazole rings is 1. The summed E-state index contributed by atoms with van der Waals surface area (Å²) in [5.41, 5.74) is -0.683. The standard InChI is InChI=1S/C10H7N5O4S/c11-4-7-1-2-8(9(3-7)15(16)17)14-20(18,19)10-5-12-6-13-10/h1-3,5-6,14H,(H,12,13). The number of hydrogen-bond acceptors (Lipinski definition) is 6. The zero-order chi connectivity index (χ0) is 14.8.